The Bertz CT molecular complexity index is 539. The Labute approximate surface area is 140 Å². The summed E-state index contributed by atoms with van der Waals surface area (Å²) in [5, 5.41) is 22.6. The molecule has 0 saturated heterocycles. The first-order chi connectivity index (χ1) is 10.5. The van der Waals surface area contributed by atoms with Gasteiger partial charge in [-0.3, -0.25) is 4.79 Å². The van der Waals surface area contributed by atoms with Gasteiger partial charge in [-0.25, -0.2) is 0 Å². The summed E-state index contributed by atoms with van der Waals surface area (Å²) >= 11 is 0. The van der Waals surface area contributed by atoms with Crippen molar-refractivity contribution in [3.8, 4) is 0 Å². The fraction of sp³-hybridized carbons (Fsp3) is 0.850. The first-order valence-electron chi connectivity index (χ1n) is 9.07. The summed E-state index contributed by atoms with van der Waals surface area (Å²) in [6, 6.07) is 0. The van der Waals surface area contributed by atoms with Gasteiger partial charge in [-0.15, -0.1) is 6.58 Å². The number of fused-ring (bicyclic) bond motifs is 3. The smallest absolute Gasteiger partial charge is 0.139 e. The van der Waals surface area contributed by atoms with Crippen LogP contribution < -0.4 is 0 Å². The molecule has 0 radical (unpaired) electrons. The van der Waals surface area contributed by atoms with Gasteiger partial charge in [0.05, 0.1) is 11.7 Å². The van der Waals surface area contributed by atoms with Crippen molar-refractivity contribution in [3.05, 3.63) is 12.7 Å². The molecule has 0 unspecified atom stereocenters. The van der Waals surface area contributed by atoms with Gasteiger partial charge < -0.3 is 10.2 Å². The maximum atomic E-state index is 13.0. The lowest BCUT2D eigenvalue weighted by Crippen LogP contribution is -2.69. The normalized spacial score (nSPS) is 52.4. The van der Waals surface area contributed by atoms with E-state index in [9.17, 15) is 15.0 Å². The second-order valence-corrected chi connectivity index (χ2v) is 9.60. The van der Waals surface area contributed by atoms with Gasteiger partial charge in [-0.2, -0.15) is 0 Å². The molecule has 6 atom stereocenters. The van der Waals surface area contributed by atoms with Crippen LogP contribution in [0.5, 0.6) is 0 Å². The van der Waals surface area contributed by atoms with Gasteiger partial charge in [-0.05, 0) is 42.4 Å². The number of ketones is 1. The van der Waals surface area contributed by atoms with Crippen LogP contribution in [0.1, 0.15) is 66.2 Å². The zero-order chi connectivity index (χ0) is 17.3. The minimum atomic E-state index is -0.990. The van der Waals surface area contributed by atoms with Crippen molar-refractivity contribution in [1.82, 2.24) is 0 Å². The first-order valence-corrected chi connectivity index (χ1v) is 9.07. The SMILES string of the molecule is C=C[C@]1(C)C[C@H](O)[C@]2(C)[C@@H](C1)C(=O)C[C@@]1(O)[C@H]2CCCC1(C)C. The summed E-state index contributed by atoms with van der Waals surface area (Å²) in [6.45, 7) is 12.2. The summed E-state index contributed by atoms with van der Waals surface area (Å²) in [5.74, 6) is -0.0488. The van der Waals surface area contributed by atoms with Crippen LogP contribution in [0.3, 0.4) is 0 Å². The van der Waals surface area contributed by atoms with Crippen molar-refractivity contribution in [1.29, 1.82) is 0 Å². The van der Waals surface area contributed by atoms with E-state index in [0.29, 0.717) is 6.42 Å². The van der Waals surface area contributed by atoms with Gasteiger partial charge >= 0.3 is 0 Å². The molecular formula is C20H32O3. The number of hydrogen-bond donors (Lipinski definition) is 2. The molecule has 3 aliphatic carbocycles. The summed E-state index contributed by atoms with van der Waals surface area (Å²) in [4.78, 5) is 13.0. The number of carbonyl (C=O) groups excluding carboxylic acids is 1. The van der Waals surface area contributed by atoms with Crippen molar-refractivity contribution in [2.75, 3.05) is 0 Å². The zero-order valence-electron chi connectivity index (χ0n) is 15.1. The van der Waals surface area contributed by atoms with Crippen molar-refractivity contribution >= 4 is 5.78 Å². The molecule has 3 rings (SSSR count). The van der Waals surface area contributed by atoms with Crippen LogP contribution in [0.15, 0.2) is 12.7 Å². The van der Waals surface area contributed by atoms with E-state index < -0.39 is 17.1 Å². The highest BCUT2D eigenvalue weighted by molar-refractivity contribution is 5.84. The van der Waals surface area contributed by atoms with Crippen molar-refractivity contribution in [2.24, 2.45) is 28.1 Å². The van der Waals surface area contributed by atoms with Gasteiger partial charge in [-0.1, -0.05) is 40.2 Å². The van der Waals surface area contributed by atoms with Gasteiger partial charge in [0.25, 0.3) is 0 Å². The quantitative estimate of drug-likeness (QED) is 0.727. The molecule has 0 aromatic carbocycles. The van der Waals surface area contributed by atoms with Crippen LogP contribution in [0, 0.1) is 28.1 Å². The highest BCUT2D eigenvalue weighted by atomic mass is 16.3. The Balaban J connectivity index is 2.09. The summed E-state index contributed by atoms with van der Waals surface area (Å²) < 4.78 is 0. The molecule has 0 amide bonds. The standard InChI is InChI=1S/C20H32O3/c1-6-18(4)10-13-14(21)11-20(23)15(8-7-9-17(20,2)3)19(13,5)16(22)12-18/h6,13,15-16,22-23H,1,7-12H2,2-5H3/t13-,15-,16-,18-,19+,20+/m0/s1. The zero-order valence-corrected chi connectivity index (χ0v) is 15.1. The van der Waals surface area contributed by atoms with Crippen molar-refractivity contribution < 1.29 is 15.0 Å². The Kier molecular flexibility index (Phi) is 3.67. The lowest BCUT2D eigenvalue weighted by molar-refractivity contribution is -0.241. The third-order valence-corrected chi connectivity index (χ3v) is 7.92. The van der Waals surface area contributed by atoms with Crippen LogP contribution >= 0.6 is 0 Å². The van der Waals surface area contributed by atoms with E-state index in [1.165, 1.54) is 0 Å². The lowest BCUT2D eigenvalue weighted by atomic mass is 9.41. The molecule has 0 heterocycles. The Morgan fingerprint density at radius 2 is 1.87 bits per heavy atom. The highest BCUT2D eigenvalue weighted by Crippen LogP contribution is 2.65. The van der Waals surface area contributed by atoms with E-state index in [2.05, 4.69) is 34.3 Å². The minimum absolute atomic E-state index is 0.00850. The Morgan fingerprint density at radius 1 is 1.22 bits per heavy atom. The summed E-state index contributed by atoms with van der Waals surface area (Å²) in [7, 11) is 0. The number of aliphatic hydroxyl groups is 2. The first kappa shape index (κ1) is 17.2. The predicted octanol–water partition coefficient (Wildman–Crippen LogP) is 3.49. The van der Waals surface area contributed by atoms with E-state index in [0.717, 1.165) is 25.7 Å². The molecular weight excluding hydrogens is 288 g/mol. The molecule has 0 aromatic heterocycles. The monoisotopic (exact) mass is 320 g/mol. The fourth-order valence-corrected chi connectivity index (χ4v) is 6.02. The van der Waals surface area contributed by atoms with Crippen LogP contribution in [0.25, 0.3) is 0 Å². The maximum absolute atomic E-state index is 13.0. The molecule has 3 nitrogen and oxygen atoms in total. The number of aliphatic hydroxyl groups excluding tert-OH is 1. The second-order valence-electron chi connectivity index (χ2n) is 9.60. The average molecular weight is 320 g/mol. The van der Waals surface area contributed by atoms with Crippen LogP contribution in [0.4, 0.5) is 0 Å². The maximum Gasteiger partial charge on any atom is 0.139 e. The van der Waals surface area contributed by atoms with Crippen LogP contribution in [0.2, 0.25) is 0 Å². The van der Waals surface area contributed by atoms with Crippen molar-refractivity contribution in [3.63, 3.8) is 0 Å². The second kappa shape index (κ2) is 4.92. The minimum Gasteiger partial charge on any atom is -0.392 e. The number of carbonyl (C=O) groups is 1. The molecule has 3 heteroatoms. The van der Waals surface area contributed by atoms with Gasteiger partial charge in [0.2, 0.25) is 0 Å². The van der Waals surface area contributed by atoms with E-state index in [1.54, 1.807) is 0 Å². The summed E-state index contributed by atoms with van der Waals surface area (Å²) in [5.41, 5.74) is -1.99. The predicted molar refractivity (Wildman–Crippen MR) is 90.8 cm³/mol. The van der Waals surface area contributed by atoms with Gasteiger partial charge in [0, 0.05) is 17.8 Å². The van der Waals surface area contributed by atoms with E-state index in [4.69, 9.17) is 0 Å². The molecule has 130 valence electrons. The molecule has 0 aromatic rings. The van der Waals surface area contributed by atoms with E-state index in [-0.39, 0.29) is 34.9 Å². The molecule has 23 heavy (non-hydrogen) atoms. The van der Waals surface area contributed by atoms with Crippen LogP contribution in [-0.2, 0) is 4.79 Å². The Morgan fingerprint density at radius 3 is 2.48 bits per heavy atom. The number of hydrogen-bond acceptors (Lipinski definition) is 3. The molecule has 3 aliphatic rings. The lowest BCUT2D eigenvalue weighted by Gasteiger charge is -2.65. The number of rotatable bonds is 1. The third-order valence-electron chi connectivity index (χ3n) is 7.92. The van der Waals surface area contributed by atoms with Crippen molar-refractivity contribution in [2.45, 2.75) is 77.9 Å². The molecule has 0 bridgehead atoms. The van der Waals surface area contributed by atoms with E-state index >= 15 is 0 Å². The fourth-order valence-electron chi connectivity index (χ4n) is 6.02. The van der Waals surface area contributed by atoms with E-state index in [1.807, 2.05) is 6.08 Å². The number of Topliss-reactive ketones (excluding diaryl/α,β-unsaturated/α-hetero) is 1. The third kappa shape index (κ3) is 2.12. The molecule has 3 saturated carbocycles. The Hall–Kier alpha value is -0.670. The highest BCUT2D eigenvalue weighted by Gasteiger charge is 2.68. The number of allylic oxidation sites excluding steroid dienone is 1. The molecule has 2 N–H and O–H groups in total. The topological polar surface area (TPSA) is 57.5 Å². The molecule has 0 spiro atoms. The average Bonchev–Trinajstić information content (AvgIpc) is 2.44. The molecule has 0 aliphatic heterocycles. The van der Waals surface area contributed by atoms with Gasteiger partial charge in [0.1, 0.15) is 5.78 Å². The molecule has 3 fully saturated rings. The van der Waals surface area contributed by atoms with Crippen LogP contribution in [-0.4, -0.2) is 27.7 Å². The largest absolute Gasteiger partial charge is 0.392 e. The summed E-state index contributed by atoms with van der Waals surface area (Å²) in [6.07, 6.45) is 5.84. The van der Waals surface area contributed by atoms with Gasteiger partial charge in [0.15, 0.2) is 0 Å².